The summed E-state index contributed by atoms with van der Waals surface area (Å²) in [4.78, 5) is 14.5. The van der Waals surface area contributed by atoms with Gasteiger partial charge in [0.05, 0.1) is 11.3 Å². The number of hydrogen-bond acceptors (Lipinski definition) is 5. The van der Waals surface area contributed by atoms with Crippen LogP contribution in [0.4, 0.5) is 5.82 Å². The quantitative estimate of drug-likeness (QED) is 0.839. The Balaban J connectivity index is 2.06. The molecule has 0 saturated heterocycles. The van der Waals surface area contributed by atoms with Crippen LogP contribution in [0.1, 0.15) is 29.2 Å². The normalized spacial score (nSPS) is 14.6. The summed E-state index contributed by atoms with van der Waals surface area (Å²) in [5.41, 5.74) is 8.04. The topological polar surface area (TPSA) is 64.7 Å². The Morgan fingerprint density at radius 1 is 1.24 bits per heavy atom. The van der Waals surface area contributed by atoms with Crippen molar-refractivity contribution >= 4 is 17.2 Å². The monoisotopic (exact) mass is 246 g/mol. The van der Waals surface area contributed by atoms with Crippen LogP contribution in [0, 0.1) is 6.92 Å². The van der Waals surface area contributed by atoms with Gasteiger partial charge in [0.1, 0.15) is 16.6 Å². The van der Waals surface area contributed by atoms with E-state index in [9.17, 15) is 0 Å². The van der Waals surface area contributed by atoms with Crippen molar-refractivity contribution in [1.82, 2.24) is 15.0 Å². The molecule has 2 aromatic heterocycles. The van der Waals surface area contributed by atoms with Crippen molar-refractivity contribution in [3.05, 3.63) is 22.6 Å². The molecule has 88 valence electrons. The first kappa shape index (κ1) is 10.7. The van der Waals surface area contributed by atoms with Crippen LogP contribution in [0.25, 0.3) is 10.6 Å². The largest absolute Gasteiger partial charge is 0.383 e. The van der Waals surface area contributed by atoms with Crippen LogP contribution < -0.4 is 5.73 Å². The number of thiazole rings is 1. The molecule has 0 atom stereocenters. The average molecular weight is 246 g/mol. The molecule has 5 heteroatoms. The molecule has 0 radical (unpaired) electrons. The van der Waals surface area contributed by atoms with Crippen molar-refractivity contribution in [2.45, 2.75) is 32.6 Å². The zero-order valence-electron chi connectivity index (χ0n) is 9.73. The number of rotatable bonds is 1. The number of nitrogens with zero attached hydrogens (tertiary/aromatic N) is 3. The fraction of sp³-hybridized carbons (Fsp3) is 0.417. The van der Waals surface area contributed by atoms with Gasteiger partial charge < -0.3 is 5.73 Å². The van der Waals surface area contributed by atoms with Gasteiger partial charge >= 0.3 is 0 Å². The van der Waals surface area contributed by atoms with E-state index in [-0.39, 0.29) is 0 Å². The highest BCUT2D eigenvalue weighted by atomic mass is 32.1. The number of aryl methyl sites for hydroxylation is 3. The molecule has 2 heterocycles. The van der Waals surface area contributed by atoms with Gasteiger partial charge in [-0.2, -0.15) is 0 Å². The van der Waals surface area contributed by atoms with Crippen LogP contribution in [0.5, 0.6) is 0 Å². The second-order valence-corrected chi connectivity index (χ2v) is 5.40. The summed E-state index contributed by atoms with van der Waals surface area (Å²) in [5, 5.41) is 0.967. The second-order valence-electron chi connectivity index (χ2n) is 4.31. The molecule has 0 spiro atoms. The zero-order valence-corrected chi connectivity index (χ0v) is 10.5. The van der Waals surface area contributed by atoms with Crippen molar-refractivity contribution in [3.8, 4) is 10.6 Å². The van der Waals surface area contributed by atoms with Gasteiger partial charge in [0.2, 0.25) is 0 Å². The molecule has 17 heavy (non-hydrogen) atoms. The molecule has 0 bridgehead atoms. The maximum atomic E-state index is 5.93. The maximum Gasteiger partial charge on any atom is 0.137 e. The summed E-state index contributed by atoms with van der Waals surface area (Å²) in [6, 6.07) is 0. The summed E-state index contributed by atoms with van der Waals surface area (Å²) in [6.07, 6.45) is 6.55. The Kier molecular flexibility index (Phi) is 2.55. The van der Waals surface area contributed by atoms with E-state index in [0.717, 1.165) is 23.4 Å². The predicted molar refractivity (Wildman–Crippen MR) is 68.9 cm³/mol. The number of nitrogen functional groups attached to an aromatic ring is 1. The van der Waals surface area contributed by atoms with Crippen LogP contribution in [-0.4, -0.2) is 15.0 Å². The van der Waals surface area contributed by atoms with Gasteiger partial charge in [0.15, 0.2) is 0 Å². The maximum absolute atomic E-state index is 5.93. The number of fused-ring (bicyclic) bond motifs is 1. The molecule has 4 nitrogen and oxygen atoms in total. The number of hydrogen-bond donors (Lipinski definition) is 1. The van der Waals surface area contributed by atoms with E-state index in [1.54, 1.807) is 17.5 Å². The highest BCUT2D eigenvalue weighted by Crippen LogP contribution is 2.34. The van der Waals surface area contributed by atoms with Crippen LogP contribution in [0.2, 0.25) is 0 Å². The highest BCUT2D eigenvalue weighted by Gasteiger charge is 2.17. The molecule has 2 N–H and O–H groups in total. The standard InChI is InChI=1S/C12H14N4S/c1-7-14-6-8(11(13)15-7)12-16-9-4-2-3-5-10(9)17-12/h6H,2-5H2,1H3,(H2,13,14,15). The minimum atomic E-state index is 0.531. The number of anilines is 1. The summed E-state index contributed by atoms with van der Waals surface area (Å²) < 4.78 is 0. The lowest BCUT2D eigenvalue weighted by atomic mass is 10.0. The lowest BCUT2D eigenvalue weighted by Crippen LogP contribution is -1.99. The van der Waals surface area contributed by atoms with Crippen LogP contribution >= 0.6 is 11.3 Å². The first-order chi connectivity index (χ1) is 8.24. The lowest BCUT2D eigenvalue weighted by molar-refractivity contribution is 0.682. The van der Waals surface area contributed by atoms with Crippen molar-refractivity contribution in [1.29, 1.82) is 0 Å². The van der Waals surface area contributed by atoms with Gasteiger partial charge in [-0.3, -0.25) is 0 Å². The summed E-state index contributed by atoms with van der Waals surface area (Å²) in [7, 11) is 0. The van der Waals surface area contributed by atoms with E-state index in [0.29, 0.717) is 11.6 Å². The van der Waals surface area contributed by atoms with E-state index >= 15 is 0 Å². The SMILES string of the molecule is Cc1ncc(-c2nc3c(s2)CCCC3)c(N)n1. The van der Waals surface area contributed by atoms with Crippen LogP contribution in [0.15, 0.2) is 6.20 Å². The Morgan fingerprint density at radius 3 is 2.82 bits per heavy atom. The highest BCUT2D eigenvalue weighted by molar-refractivity contribution is 7.15. The van der Waals surface area contributed by atoms with Crippen molar-refractivity contribution in [2.75, 3.05) is 5.73 Å². The molecule has 0 saturated carbocycles. The minimum Gasteiger partial charge on any atom is -0.383 e. The lowest BCUT2D eigenvalue weighted by Gasteiger charge is -2.06. The van der Waals surface area contributed by atoms with Crippen molar-refractivity contribution in [3.63, 3.8) is 0 Å². The van der Waals surface area contributed by atoms with Crippen LogP contribution in [0.3, 0.4) is 0 Å². The molecule has 0 aromatic carbocycles. The van der Waals surface area contributed by atoms with Gasteiger partial charge in [-0.15, -0.1) is 11.3 Å². The van der Waals surface area contributed by atoms with Gasteiger partial charge in [-0.1, -0.05) is 0 Å². The Hall–Kier alpha value is -1.49. The molecule has 1 aliphatic carbocycles. The zero-order chi connectivity index (χ0) is 11.8. The van der Waals surface area contributed by atoms with Crippen molar-refractivity contribution < 1.29 is 0 Å². The van der Waals surface area contributed by atoms with Gasteiger partial charge in [-0.05, 0) is 32.6 Å². The molecule has 0 fully saturated rings. The van der Waals surface area contributed by atoms with E-state index in [4.69, 9.17) is 5.73 Å². The van der Waals surface area contributed by atoms with E-state index in [1.165, 1.54) is 23.4 Å². The molecule has 0 unspecified atom stereocenters. The van der Waals surface area contributed by atoms with Crippen molar-refractivity contribution in [2.24, 2.45) is 0 Å². The smallest absolute Gasteiger partial charge is 0.137 e. The average Bonchev–Trinajstić information content (AvgIpc) is 2.72. The summed E-state index contributed by atoms with van der Waals surface area (Å²) >= 11 is 1.74. The molecule has 0 amide bonds. The molecule has 2 aromatic rings. The molecular weight excluding hydrogens is 232 g/mol. The first-order valence-corrected chi connectivity index (χ1v) is 6.64. The van der Waals surface area contributed by atoms with Gasteiger partial charge in [0, 0.05) is 11.1 Å². The van der Waals surface area contributed by atoms with E-state index < -0.39 is 0 Å². The third-order valence-corrected chi connectivity index (χ3v) is 4.21. The Morgan fingerprint density at radius 2 is 2.06 bits per heavy atom. The first-order valence-electron chi connectivity index (χ1n) is 5.82. The predicted octanol–water partition coefficient (Wildman–Crippen LogP) is 2.37. The Labute approximate surface area is 104 Å². The fourth-order valence-electron chi connectivity index (χ4n) is 2.12. The van der Waals surface area contributed by atoms with Crippen LogP contribution in [-0.2, 0) is 12.8 Å². The molecule has 0 aliphatic heterocycles. The molecule has 3 rings (SSSR count). The Bertz CT molecular complexity index is 538. The molecular formula is C12H14N4S. The number of nitrogens with two attached hydrogens (primary N) is 1. The van der Waals surface area contributed by atoms with Gasteiger partial charge in [-0.25, -0.2) is 15.0 Å². The van der Waals surface area contributed by atoms with Gasteiger partial charge in [0.25, 0.3) is 0 Å². The summed E-state index contributed by atoms with van der Waals surface area (Å²) in [6.45, 7) is 1.84. The third-order valence-electron chi connectivity index (χ3n) is 3.01. The fourth-order valence-corrected chi connectivity index (χ4v) is 3.29. The minimum absolute atomic E-state index is 0.531. The molecule has 1 aliphatic rings. The number of aromatic nitrogens is 3. The summed E-state index contributed by atoms with van der Waals surface area (Å²) in [5.74, 6) is 1.23. The second kappa shape index (κ2) is 4.07. The van der Waals surface area contributed by atoms with E-state index in [2.05, 4.69) is 15.0 Å². The third kappa shape index (κ3) is 1.91. The van der Waals surface area contributed by atoms with E-state index in [1.807, 2.05) is 6.92 Å².